The van der Waals surface area contributed by atoms with E-state index in [0.29, 0.717) is 17.6 Å². The maximum atomic E-state index is 12.1. The lowest BCUT2D eigenvalue weighted by atomic mass is 9.75. The van der Waals surface area contributed by atoms with Gasteiger partial charge in [-0.1, -0.05) is 26.7 Å². The van der Waals surface area contributed by atoms with Gasteiger partial charge in [-0.25, -0.2) is 0 Å². The molecule has 0 aromatic rings. The van der Waals surface area contributed by atoms with Crippen molar-refractivity contribution in [3.63, 3.8) is 0 Å². The van der Waals surface area contributed by atoms with E-state index in [1.807, 2.05) is 0 Å². The van der Waals surface area contributed by atoms with Crippen LogP contribution in [0.4, 0.5) is 0 Å². The Balaban J connectivity index is 1.85. The highest BCUT2D eigenvalue weighted by atomic mass is 16.3. The van der Waals surface area contributed by atoms with Crippen LogP contribution in [-0.2, 0) is 4.79 Å². The molecule has 2 fully saturated rings. The van der Waals surface area contributed by atoms with Crippen LogP contribution in [0.3, 0.4) is 0 Å². The molecule has 2 atom stereocenters. The predicted octanol–water partition coefficient (Wildman–Crippen LogP) is 2.86. The third kappa shape index (κ3) is 4.05. The second-order valence-corrected chi connectivity index (χ2v) is 7.57. The molecule has 3 heteroatoms. The molecule has 20 heavy (non-hydrogen) atoms. The van der Waals surface area contributed by atoms with Gasteiger partial charge in [0.25, 0.3) is 0 Å². The summed E-state index contributed by atoms with van der Waals surface area (Å²) in [7, 11) is 2.06. The van der Waals surface area contributed by atoms with Crippen LogP contribution >= 0.6 is 0 Å². The molecule has 0 bridgehead atoms. The molecule has 116 valence electrons. The Morgan fingerprint density at radius 1 is 1.35 bits per heavy atom. The second kappa shape index (κ2) is 6.57. The van der Waals surface area contributed by atoms with Gasteiger partial charge in [-0.3, -0.25) is 4.79 Å². The van der Waals surface area contributed by atoms with Crippen molar-refractivity contribution in [3.05, 3.63) is 0 Å². The van der Waals surface area contributed by atoms with Gasteiger partial charge in [0.15, 0.2) is 0 Å². The fourth-order valence-electron chi connectivity index (χ4n) is 4.06. The number of likely N-dealkylation sites (N-methyl/N-ethyl adjacent to an activating group) is 1. The maximum absolute atomic E-state index is 12.1. The lowest BCUT2D eigenvalue weighted by Crippen LogP contribution is -2.43. The molecule has 3 nitrogen and oxygen atoms in total. The van der Waals surface area contributed by atoms with Crippen LogP contribution in [0, 0.1) is 17.8 Å². The number of Topliss-reactive ketones (excluding diaryl/α,β-unsaturated/α-hetero) is 1. The van der Waals surface area contributed by atoms with Gasteiger partial charge in [-0.2, -0.15) is 0 Å². The fourth-order valence-corrected chi connectivity index (χ4v) is 4.06. The Morgan fingerprint density at radius 3 is 2.60 bits per heavy atom. The first-order chi connectivity index (χ1) is 9.39. The van der Waals surface area contributed by atoms with Crippen LogP contribution in [0.25, 0.3) is 0 Å². The first kappa shape index (κ1) is 16.0. The minimum absolute atomic E-state index is 0.186. The zero-order chi connectivity index (χ0) is 14.8. The minimum Gasteiger partial charge on any atom is -0.389 e. The highest BCUT2D eigenvalue weighted by Gasteiger charge is 2.35. The number of rotatable bonds is 5. The van der Waals surface area contributed by atoms with Crippen molar-refractivity contribution >= 4 is 5.78 Å². The van der Waals surface area contributed by atoms with Crippen LogP contribution in [0.15, 0.2) is 0 Å². The fraction of sp³-hybridized carbons (Fsp3) is 0.941. The number of hydrogen-bond donors (Lipinski definition) is 1. The Morgan fingerprint density at radius 2 is 2.00 bits per heavy atom. The molecule has 2 aliphatic carbocycles. The zero-order valence-corrected chi connectivity index (χ0v) is 13.4. The van der Waals surface area contributed by atoms with Crippen LogP contribution in [0.5, 0.6) is 0 Å². The van der Waals surface area contributed by atoms with Crippen molar-refractivity contribution in [2.45, 2.75) is 64.4 Å². The van der Waals surface area contributed by atoms with Gasteiger partial charge in [-0.15, -0.1) is 0 Å². The summed E-state index contributed by atoms with van der Waals surface area (Å²) in [6.07, 6.45) is 6.99. The van der Waals surface area contributed by atoms with Crippen LogP contribution < -0.4 is 0 Å². The number of aliphatic hydroxyl groups is 1. The molecule has 0 heterocycles. The third-order valence-corrected chi connectivity index (χ3v) is 5.38. The normalized spacial score (nSPS) is 30.4. The van der Waals surface area contributed by atoms with E-state index in [0.717, 1.165) is 58.0 Å². The van der Waals surface area contributed by atoms with Gasteiger partial charge < -0.3 is 10.0 Å². The summed E-state index contributed by atoms with van der Waals surface area (Å²) < 4.78 is 0. The zero-order valence-electron chi connectivity index (χ0n) is 13.4. The summed E-state index contributed by atoms with van der Waals surface area (Å²) in [5.41, 5.74) is -0.496. The van der Waals surface area contributed by atoms with Crippen LogP contribution in [0.1, 0.15) is 58.8 Å². The molecule has 0 saturated heterocycles. The molecule has 0 aromatic heterocycles. The van der Waals surface area contributed by atoms with Gasteiger partial charge >= 0.3 is 0 Å². The average Bonchev–Trinajstić information content (AvgIpc) is 2.78. The van der Waals surface area contributed by atoms with Gasteiger partial charge in [0.05, 0.1) is 5.60 Å². The Labute approximate surface area is 123 Å². The smallest absolute Gasteiger partial charge is 0.137 e. The molecule has 2 rings (SSSR count). The summed E-state index contributed by atoms with van der Waals surface area (Å²) in [6.45, 7) is 6.08. The van der Waals surface area contributed by atoms with Crippen LogP contribution in [-0.4, -0.2) is 41.5 Å². The van der Waals surface area contributed by atoms with E-state index in [-0.39, 0.29) is 5.92 Å². The van der Waals surface area contributed by atoms with Crippen molar-refractivity contribution < 1.29 is 9.90 Å². The molecule has 2 saturated carbocycles. The summed E-state index contributed by atoms with van der Waals surface area (Å²) in [6, 6.07) is 0. The number of ketones is 1. The van der Waals surface area contributed by atoms with Gasteiger partial charge in [0.2, 0.25) is 0 Å². The summed E-state index contributed by atoms with van der Waals surface area (Å²) in [5.74, 6) is 1.99. The van der Waals surface area contributed by atoms with E-state index < -0.39 is 5.60 Å². The minimum atomic E-state index is -0.496. The van der Waals surface area contributed by atoms with E-state index >= 15 is 0 Å². The van der Waals surface area contributed by atoms with Gasteiger partial charge in [-0.05, 0) is 44.6 Å². The molecular formula is C17H31NO2. The molecule has 2 unspecified atom stereocenters. The first-order valence-corrected chi connectivity index (χ1v) is 8.33. The molecule has 0 aliphatic heterocycles. The Kier molecular flexibility index (Phi) is 5.25. The summed E-state index contributed by atoms with van der Waals surface area (Å²) in [4.78, 5) is 14.3. The third-order valence-electron chi connectivity index (χ3n) is 5.38. The van der Waals surface area contributed by atoms with Gasteiger partial charge in [0.1, 0.15) is 5.78 Å². The summed E-state index contributed by atoms with van der Waals surface area (Å²) >= 11 is 0. The molecule has 0 aromatic carbocycles. The highest BCUT2D eigenvalue weighted by Crippen LogP contribution is 2.33. The first-order valence-electron chi connectivity index (χ1n) is 8.33. The second-order valence-electron chi connectivity index (χ2n) is 7.57. The standard InChI is InChI=1S/C17H31NO2/c1-13(2)14-6-7-16(19)15(10-14)11-18(3)12-17(20)8-4-5-9-17/h13-15,20H,4-12H2,1-3H3. The van der Waals surface area contributed by atoms with E-state index in [9.17, 15) is 9.90 Å². The number of nitrogens with zero attached hydrogens (tertiary/aromatic N) is 1. The molecule has 2 aliphatic rings. The lowest BCUT2D eigenvalue weighted by Gasteiger charge is -2.35. The Hall–Kier alpha value is -0.410. The number of hydrogen-bond acceptors (Lipinski definition) is 3. The van der Waals surface area contributed by atoms with E-state index in [2.05, 4.69) is 25.8 Å². The molecule has 0 spiro atoms. The van der Waals surface area contributed by atoms with E-state index in [1.54, 1.807) is 0 Å². The van der Waals surface area contributed by atoms with Crippen molar-refractivity contribution in [3.8, 4) is 0 Å². The van der Waals surface area contributed by atoms with Crippen molar-refractivity contribution in [1.82, 2.24) is 4.90 Å². The predicted molar refractivity (Wildman–Crippen MR) is 81.6 cm³/mol. The van der Waals surface area contributed by atoms with Crippen LogP contribution in [0.2, 0.25) is 0 Å². The van der Waals surface area contributed by atoms with Crippen molar-refractivity contribution in [1.29, 1.82) is 0 Å². The summed E-state index contributed by atoms with van der Waals surface area (Å²) in [5, 5.41) is 10.5. The maximum Gasteiger partial charge on any atom is 0.137 e. The topological polar surface area (TPSA) is 40.5 Å². The SMILES string of the molecule is CC(C)C1CCC(=O)C(CN(C)CC2(O)CCCC2)C1. The van der Waals surface area contributed by atoms with E-state index in [1.165, 1.54) is 0 Å². The average molecular weight is 281 g/mol. The number of carbonyl (C=O) groups excluding carboxylic acids is 1. The van der Waals surface area contributed by atoms with Crippen molar-refractivity contribution in [2.24, 2.45) is 17.8 Å². The van der Waals surface area contributed by atoms with Crippen molar-refractivity contribution in [2.75, 3.05) is 20.1 Å². The molecule has 1 N–H and O–H groups in total. The molecular weight excluding hydrogens is 250 g/mol. The largest absolute Gasteiger partial charge is 0.389 e. The molecule has 0 radical (unpaired) electrons. The lowest BCUT2D eigenvalue weighted by molar-refractivity contribution is -0.127. The Bertz CT molecular complexity index is 334. The number of carbonyl (C=O) groups is 1. The molecule has 0 amide bonds. The quantitative estimate of drug-likeness (QED) is 0.842. The van der Waals surface area contributed by atoms with Gasteiger partial charge in [0, 0.05) is 25.4 Å². The monoisotopic (exact) mass is 281 g/mol. The highest BCUT2D eigenvalue weighted by molar-refractivity contribution is 5.82. The van der Waals surface area contributed by atoms with E-state index in [4.69, 9.17) is 0 Å².